The Bertz CT molecular complexity index is 512. The number of aryl methyl sites for hydroxylation is 1. The molecule has 1 unspecified atom stereocenters. The van der Waals surface area contributed by atoms with E-state index in [4.69, 9.17) is 5.11 Å². The third-order valence-electron chi connectivity index (χ3n) is 3.33. The summed E-state index contributed by atoms with van der Waals surface area (Å²) in [6.45, 7) is 7.81. The van der Waals surface area contributed by atoms with Gasteiger partial charge in [-0.15, -0.1) is 0 Å². The van der Waals surface area contributed by atoms with Crippen LogP contribution in [-0.4, -0.2) is 40.0 Å². The van der Waals surface area contributed by atoms with Crippen molar-refractivity contribution in [1.29, 1.82) is 0 Å². The molecule has 0 aliphatic heterocycles. The Balaban J connectivity index is 2.92. The molecule has 0 fully saturated rings. The van der Waals surface area contributed by atoms with Crippen molar-refractivity contribution in [2.24, 2.45) is 5.92 Å². The molecule has 0 aromatic carbocycles. The lowest BCUT2D eigenvalue weighted by atomic mass is 10.0. The van der Waals surface area contributed by atoms with Crippen LogP contribution < -0.4 is 0 Å². The Morgan fingerprint density at radius 1 is 1.30 bits per heavy atom. The standard InChI is InChI=1S/C15H22N2O3/c1-9(2)8-10(3)17(5)14(18)13-7-6-12(15(19)20)11(4)16-13/h6-7,9-10H,8H2,1-5H3,(H,19,20). The van der Waals surface area contributed by atoms with Gasteiger partial charge in [0.05, 0.1) is 11.3 Å². The third kappa shape index (κ3) is 3.79. The van der Waals surface area contributed by atoms with Gasteiger partial charge >= 0.3 is 5.97 Å². The highest BCUT2D eigenvalue weighted by atomic mass is 16.4. The van der Waals surface area contributed by atoms with Crippen LogP contribution in [0, 0.1) is 12.8 Å². The van der Waals surface area contributed by atoms with Gasteiger partial charge in [0.2, 0.25) is 0 Å². The van der Waals surface area contributed by atoms with Crippen molar-refractivity contribution in [3.63, 3.8) is 0 Å². The summed E-state index contributed by atoms with van der Waals surface area (Å²) in [7, 11) is 1.75. The minimum Gasteiger partial charge on any atom is -0.478 e. The fraction of sp³-hybridized carbons (Fsp3) is 0.533. The summed E-state index contributed by atoms with van der Waals surface area (Å²) in [4.78, 5) is 29.0. The molecule has 0 spiro atoms. The SMILES string of the molecule is Cc1nc(C(=O)N(C)C(C)CC(C)C)ccc1C(=O)O. The molecule has 1 N–H and O–H groups in total. The molecule has 110 valence electrons. The average molecular weight is 278 g/mol. The molecule has 5 nitrogen and oxygen atoms in total. The first-order valence-corrected chi connectivity index (χ1v) is 6.72. The molecule has 1 aromatic rings. The first-order chi connectivity index (χ1) is 9.23. The molecule has 0 radical (unpaired) electrons. The Labute approximate surface area is 119 Å². The zero-order valence-corrected chi connectivity index (χ0v) is 12.7. The number of carboxylic acid groups (broad SMARTS) is 1. The van der Waals surface area contributed by atoms with Crippen LogP contribution in [-0.2, 0) is 0 Å². The lowest BCUT2D eigenvalue weighted by molar-refractivity contribution is 0.0688. The molecule has 0 bridgehead atoms. The maximum atomic E-state index is 12.3. The van der Waals surface area contributed by atoms with Crippen molar-refractivity contribution >= 4 is 11.9 Å². The largest absolute Gasteiger partial charge is 0.478 e. The third-order valence-corrected chi connectivity index (χ3v) is 3.33. The summed E-state index contributed by atoms with van der Waals surface area (Å²) < 4.78 is 0. The maximum absolute atomic E-state index is 12.3. The Morgan fingerprint density at radius 3 is 2.35 bits per heavy atom. The van der Waals surface area contributed by atoms with Gasteiger partial charge in [-0.1, -0.05) is 13.8 Å². The number of hydrogen-bond donors (Lipinski definition) is 1. The molecule has 1 aromatic heterocycles. The Hall–Kier alpha value is -1.91. The monoisotopic (exact) mass is 278 g/mol. The van der Waals surface area contributed by atoms with Crippen molar-refractivity contribution in [2.75, 3.05) is 7.05 Å². The Kier molecular flexibility index (Phi) is 5.25. The van der Waals surface area contributed by atoms with E-state index in [1.165, 1.54) is 12.1 Å². The number of carbonyl (C=O) groups excluding carboxylic acids is 1. The van der Waals surface area contributed by atoms with Gasteiger partial charge in [-0.2, -0.15) is 0 Å². The summed E-state index contributed by atoms with van der Waals surface area (Å²) in [5.41, 5.74) is 0.762. The molecule has 5 heteroatoms. The van der Waals surface area contributed by atoms with Crippen LogP contribution in [0.1, 0.15) is 53.7 Å². The summed E-state index contributed by atoms with van der Waals surface area (Å²) in [6.07, 6.45) is 0.911. The van der Waals surface area contributed by atoms with Crippen molar-refractivity contribution < 1.29 is 14.7 Å². The highest BCUT2D eigenvalue weighted by Gasteiger charge is 2.20. The number of carboxylic acids is 1. The number of amides is 1. The van der Waals surface area contributed by atoms with Crippen LogP contribution in [0.25, 0.3) is 0 Å². The second-order valence-electron chi connectivity index (χ2n) is 5.53. The predicted octanol–water partition coefficient (Wildman–Crippen LogP) is 2.59. The number of aromatic carboxylic acids is 1. The molecule has 1 rings (SSSR count). The maximum Gasteiger partial charge on any atom is 0.337 e. The van der Waals surface area contributed by atoms with Gasteiger partial charge in [-0.25, -0.2) is 9.78 Å². The van der Waals surface area contributed by atoms with Gasteiger partial charge < -0.3 is 10.0 Å². The van der Waals surface area contributed by atoms with E-state index in [1.807, 2.05) is 6.92 Å². The van der Waals surface area contributed by atoms with Gasteiger partial charge in [0.1, 0.15) is 5.69 Å². The highest BCUT2D eigenvalue weighted by molar-refractivity contribution is 5.94. The topological polar surface area (TPSA) is 70.5 Å². The number of aromatic nitrogens is 1. The van der Waals surface area contributed by atoms with E-state index in [1.54, 1.807) is 18.9 Å². The summed E-state index contributed by atoms with van der Waals surface area (Å²) in [5.74, 6) is -0.710. The molecule has 1 atom stereocenters. The summed E-state index contributed by atoms with van der Waals surface area (Å²) in [5, 5.41) is 8.96. The summed E-state index contributed by atoms with van der Waals surface area (Å²) in [6, 6.07) is 3.01. The van der Waals surface area contributed by atoms with Gasteiger partial charge in [0.25, 0.3) is 5.91 Å². The van der Waals surface area contributed by atoms with Gasteiger partial charge in [-0.05, 0) is 38.3 Å². The van der Waals surface area contributed by atoms with E-state index in [-0.39, 0.29) is 23.2 Å². The van der Waals surface area contributed by atoms with Crippen molar-refractivity contribution in [1.82, 2.24) is 9.88 Å². The normalized spacial score (nSPS) is 12.3. The fourth-order valence-electron chi connectivity index (χ4n) is 2.13. The highest BCUT2D eigenvalue weighted by Crippen LogP contribution is 2.14. The molecule has 0 aliphatic carbocycles. The smallest absolute Gasteiger partial charge is 0.337 e. The van der Waals surface area contributed by atoms with E-state index in [9.17, 15) is 9.59 Å². The zero-order chi connectivity index (χ0) is 15.4. The number of hydrogen-bond acceptors (Lipinski definition) is 3. The van der Waals surface area contributed by atoms with E-state index in [2.05, 4.69) is 18.8 Å². The van der Waals surface area contributed by atoms with Crippen molar-refractivity contribution in [2.45, 2.75) is 40.2 Å². The predicted molar refractivity (Wildman–Crippen MR) is 76.9 cm³/mol. The molecule has 0 saturated carbocycles. The van der Waals surface area contributed by atoms with E-state index >= 15 is 0 Å². The van der Waals surface area contributed by atoms with Crippen molar-refractivity contribution in [3.8, 4) is 0 Å². The van der Waals surface area contributed by atoms with E-state index in [0.29, 0.717) is 11.6 Å². The van der Waals surface area contributed by atoms with Crippen LogP contribution in [0.4, 0.5) is 0 Å². The minimum absolute atomic E-state index is 0.115. The number of nitrogens with zero attached hydrogens (tertiary/aromatic N) is 2. The zero-order valence-electron chi connectivity index (χ0n) is 12.7. The number of pyridine rings is 1. The molecule has 20 heavy (non-hydrogen) atoms. The Morgan fingerprint density at radius 2 is 1.90 bits per heavy atom. The lowest BCUT2D eigenvalue weighted by Gasteiger charge is -2.26. The van der Waals surface area contributed by atoms with Crippen LogP contribution in [0.2, 0.25) is 0 Å². The minimum atomic E-state index is -1.03. The number of rotatable bonds is 5. The first-order valence-electron chi connectivity index (χ1n) is 6.72. The molecular weight excluding hydrogens is 256 g/mol. The van der Waals surface area contributed by atoms with Crippen LogP contribution in [0.15, 0.2) is 12.1 Å². The van der Waals surface area contributed by atoms with Crippen LogP contribution >= 0.6 is 0 Å². The first kappa shape index (κ1) is 16.1. The van der Waals surface area contributed by atoms with E-state index < -0.39 is 5.97 Å². The van der Waals surface area contributed by atoms with Crippen molar-refractivity contribution in [3.05, 3.63) is 29.1 Å². The van der Waals surface area contributed by atoms with Gasteiger partial charge in [0.15, 0.2) is 0 Å². The second kappa shape index (κ2) is 6.50. The summed E-state index contributed by atoms with van der Waals surface area (Å²) >= 11 is 0. The average Bonchev–Trinajstić information content (AvgIpc) is 2.35. The molecule has 0 saturated heterocycles. The molecular formula is C15H22N2O3. The molecule has 1 amide bonds. The van der Waals surface area contributed by atoms with Gasteiger partial charge in [0, 0.05) is 13.1 Å². The fourth-order valence-corrected chi connectivity index (χ4v) is 2.13. The lowest BCUT2D eigenvalue weighted by Crippen LogP contribution is -2.36. The quantitative estimate of drug-likeness (QED) is 0.898. The van der Waals surface area contributed by atoms with E-state index in [0.717, 1.165) is 6.42 Å². The number of carbonyl (C=O) groups is 2. The second-order valence-corrected chi connectivity index (χ2v) is 5.53. The van der Waals surface area contributed by atoms with Crippen LogP contribution in [0.5, 0.6) is 0 Å². The van der Waals surface area contributed by atoms with Crippen LogP contribution in [0.3, 0.4) is 0 Å². The van der Waals surface area contributed by atoms with Gasteiger partial charge in [-0.3, -0.25) is 4.79 Å². The molecule has 1 heterocycles. The molecule has 0 aliphatic rings.